The molecule has 2 nitrogen and oxygen atoms in total. The molecule has 3 rings (SSSR count). The Balaban J connectivity index is 2.19. The van der Waals surface area contributed by atoms with Gasteiger partial charge in [0, 0.05) is 29.1 Å². The predicted octanol–water partition coefficient (Wildman–Crippen LogP) is 3.08. The van der Waals surface area contributed by atoms with Crippen LogP contribution in [0.4, 0.5) is 4.39 Å². The van der Waals surface area contributed by atoms with Gasteiger partial charge in [0.2, 0.25) is 0 Å². The van der Waals surface area contributed by atoms with Crippen molar-refractivity contribution in [1.29, 1.82) is 0 Å². The number of H-pyrrole nitrogens is 1. The third-order valence-electron chi connectivity index (χ3n) is 4.17. The van der Waals surface area contributed by atoms with Crippen molar-refractivity contribution < 1.29 is 4.39 Å². The molecule has 2 aromatic rings. The summed E-state index contributed by atoms with van der Waals surface area (Å²) in [6.45, 7) is 0.649. The van der Waals surface area contributed by atoms with Crippen LogP contribution in [0, 0.1) is 5.82 Å². The van der Waals surface area contributed by atoms with Crippen LogP contribution in [0.2, 0.25) is 0 Å². The molecule has 0 spiro atoms. The fourth-order valence-corrected chi connectivity index (χ4v) is 3.17. The lowest BCUT2D eigenvalue weighted by Crippen LogP contribution is -2.31. The van der Waals surface area contributed by atoms with Crippen molar-refractivity contribution in [3.63, 3.8) is 0 Å². The van der Waals surface area contributed by atoms with E-state index >= 15 is 0 Å². The summed E-state index contributed by atoms with van der Waals surface area (Å²) in [4.78, 5) is 3.23. The lowest BCUT2D eigenvalue weighted by atomic mass is 9.79. The molecule has 0 amide bonds. The molecule has 1 fully saturated rings. The van der Waals surface area contributed by atoms with Crippen molar-refractivity contribution in [1.82, 2.24) is 4.98 Å². The third kappa shape index (κ3) is 1.57. The summed E-state index contributed by atoms with van der Waals surface area (Å²) in [7, 11) is 0. The van der Waals surface area contributed by atoms with Crippen LogP contribution in [0.15, 0.2) is 24.4 Å². The minimum atomic E-state index is -0.177. The molecule has 17 heavy (non-hydrogen) atoms. The topological polar surface area (TPSA) is 41.8 Å². The van der Waals surface area contributed by atoms with E-state index in [2.05, 4.69) is 4.98 Å². The highest BCUT2D eigenvalue weighted by molar-refractivity contribution is 5.84. The molecule has 1 aliphatic rings. The maximum atomic E-state index is 13.4. The van der Waals surface area contributed by atoms with E-state index in [0.29, 0.717) is 6.54 Å². The molecule has 0 atom stereocenters. The largest absolute Gasteiger partial charge is 0.361 e. The van der Waals surface area contributed by atoms with E-state index in [0.717, 1.165) is 23.7 Å². The van der Waals surface area contributed by atoms with Crippen LogP contribution in [-0.2, 0) is 5.41 Å². The molecule has 3 heteroatoms. The summed E-state index contributed by atoms with van der Waals surface area (Å²) >= 11 is 0. The Bertz CT molecular complexity index is 538. The molecule has 3 N–H and O–H groups in total. The molecule has 90 valence electrons. The second kappa shape index (κ2) is 3.84. The number of nitrogens with two attached hydrogens (primary N) is 1. The molecule has 0 bridgehead atoms. The fraction of sp³-hybridized carbons (Fsp3) is 0.429. The van der Waals surface area contributed by atoms with Crippen LogP contribution >= 0.6 is 0 Å². The molecular weight excluding hydrogens is 215 g/mol. The van der Waals surface area contributed by atoms with E-state index in [1.54, 1.807) is 12.1 Å². The molecule has 1 heterocycles. The minimum Gasteiger partial charge on any atom is -0.361 e. The quantitative estimate of drug-likeness (QED) is 0.821. The van der Waals surface area contributed by atoms with Gasteiger partial charge in [-0.05, 0) is 36.6 Å². The fourth-order valence-electron chi connectivity index (χ4n) is 3.17. The minimum absolute atomic E-state index is 0.0616. The first-order valence-electron chi connectivity index (χ1n) is 6.22. The first kappa shape index (κ1) is 10.8. The zero-order valence-corrected chi connectivity index (χ0v) is 9.80. The monoisotopic (exact) mass is 232 g/mol. The van der Waals surface area contributed by atoms with Gasteiger partial charge in [-0.15, -0.1) is 0 Å². The van der Waals surface area contributed by atoms with Crippen LogP contribution in [0.25, 0.3) is 10.9 Å². The van der Waals surface area contributed by atoms with Crippen LogP contribution in [0.1, 0.15) is 31.2 Å². The van der Waals surface area contributed by atoms with Gasteiger partial charge in [-0.2, -0.15) is 0 Å². The number of hydrogen-bond acceptors (Lipinski definition) is 1. The second-order valence-electron chi connectivity index (χ2n) is 5.08. The van der Waals surface area contributed by atoms with Gasteiger partial charge in [-0.1, -0.05) is 12.8 Å². The average molecular weight is 232 g/mol. The summed E-state index contributed by atoms with van der Waals surface area (Å²) in [5.41, 5.74) is 8.24. The Labute approximate surface area is 100 Å². The van der Waals surface area contributed by atoms with Crippen LogP contribution in [-0.4, -0.2) is 11.5 Å². The molecule has 1 aliphatic carbocycles. The Morgan fingerprint density at radius 3 is 2.76 bits per heavy atom. The van der Waals surface area contributed by atoms with Gasteiger partial charge in [0.25, 0.3) is 0 Å². The van der Waals surface area contributed by atoms with Gasteiger partial charge in [-0.25, -0.2) is 4.39 Å². The number of fused-ring (bicyclic) bond motifs is 1. The van der Waals surface area contributed by atoms with Gasteiger partial charge < -0.3 is 10.7 Å². The van der Waals surface area contributed by atoms with Crippen molar-refractivity contribution in [2.45, 2.75) is 31.1 Å². The number of aromatic nitrogens is 1. The average Bonchev–Trinajstić information content (AvgIpc) is 2.94. The SMILES string of the molecule is NCC1(c2c[nH]c3ccc(F)cc23)CCCC1. The second-order valence-corrected chi connectivity index (χ2v) is 5.08. The highest BCUT2D eigenvalue weighted by Crippen LogP contribution is 2.43. The lowest BCUT2D eigenvalue weighted by Gasteiger charge is -2.26. The third-order valence-corrected chi connectivity index (χ3v) is 4.17. The summed E-state index contributed by atoms with van der Waals surface area (Å²) in [6.07, 6.45) is 6.70. The predicted molar refractivity (Wildman–Crippen MR) is 67.5 cm³/mol. The molecule has 1 aromatic heterocycles. The first-order chi connectivity index (χ1) is 8.25. The summed E-state index contributed by atoms with van der Waals surface area (Å²) < 4.78 is 13.4. The van der Waals surface area contributed by atoms with Gasteiger partial charge in [0.05, 0.1) is 0 Å². The highest BCUT2D eigenvalue weighted by Gasteiger charge is 2.36. The maximum Gasteiger partial charge on any atom is 0.123 e. The zero-order valence-electron chi connectivity index (χ0n) is 9.80. The van der Waals surface area contributed by atoms with Crippen molar-refractivity contribution in [2.24, 2.45) is 5.73 Å². The number of aromatic amines is 1. The Morgan fingerprint density at radius 1 is 1.29 bits per heavy atom. The van der Waals surface area contributed by atoms with Crippen molar-refractivity contribution in [2.75, 3.05) is 6.54 Å². The van der Waals surface area contributed by atoms with Crippen molar-refractivity contribution in [3.8, 4) is 0 Å². The van der Waals surface area contributed by atoms with E-state index in [1.165, 1.54) is 24.5 Å². The summed E-state index contributed by atoms with van der Waals surface area (Å²) in [5, 5.41) is 0.998. The number of nitrogens with one attached hydrogen (secondary N) is 1. The molecule has 0 unspecified atom stereocenters. The number of hydrogen-bond donors (Lipinski definition) is 2. The maximum absolute atomic E-state index is 13.4. The Kier molecular flexibility index (Phi) is 2.44. The van der Waals surface area contributed by atoms with E-state index in [4.69, 9.17) is 5.73 Å². The molecule has 0 saturated heterocycles. The smallest absolute Gasteiger partial charge is 0.123 e. The van der Waals surface area contributed by atoms with Gasteiger partial charge in [-0.3, -0.25) is 0 Å². The van der Waals surface area contributed by atoms with E-state index in [-0.39, 0.29) is 11.2 Å². The molecule has 1 aromatic carbocycles. The lowest BCUT2D eigenvalue weighted by molar-refractivity contribution is 0.456. The van der Waals surface area contributed by atoms with Crippen LogP contribution < -0.4 is 5.73 Å². The number of rotatable bonds is 2. The summed E-state index contributed by atoms with van der Waals surface area (Å²) in [5.74, 6) is -0.177. The Morgan fingerprint density at radius 2 is 2.06 bits per heavy atom. The molecule has 0 aliphatic heterocycles. The normalized spacial score (nSPS) is 18.9. The first-order valence-corrected chi connectivity index (χ1v) is 6.22. The number of halogens is 1. The van der Waals surface area contributed by atoms with E-state index < -0.39 is 0 Å². The standard InChI is InChI=1S/C14H17FN2/c15-10-3-4-13-11(7-10)12(8-17-13)14(9-16)5-1-2-6-14/h3-4,7-8,17H,1-2,5-6,9,16H2. The van der Waals surface area contributed by atoms with Crippen LogP contribution in [0.3, 0.4) is 0 Å². The molecule has 1 saturated carbocycles. The van der Waals surface area contributed by atoms with Gasteiger partial charge in [0.15, 0.2) is 0 Å². The van der Waals surface area contributed by atoms with E-state index in [1.807, 2.05) is 6.20 Å². The highest BCUT2D eigenvalue weighted by atomic mass is 19.1. The molecular formula is C14H17FN2. The molecule has 0 radical (unpaired) electrons. The van der Waals surface area contributed by atoms with Crippen molar-refractivity contribution >= 4 is 10.9 Å². The van der Waals surface area contributed by atoms with Gasteiger partial charge in [0.1, 0.15) is 5.82 Å². The van der Waals surface area contributed by atoms with Crippen molar-refractivity contribution in [3.05, 3.63) is 35.8 Å². The zero-order chi connectivity index (χ0) is 11.9. The van der Waals surface area contributed by atoms with E-state index in [9.17, 15) is 4.39 Å². The Hall–Kier alpha value is -1.35. The van der Waals surface area contributed by atoms with Gasteiger partial charge >= 0.3 is 0 Å². The van der Waals surface area contributed by atoms with Crippen LogP contribution in [0.5, 0.6) is 0 Å². The summed E-state index contributed by atoms with van der Waals surface area (Å²) in [6, 6.07) is 4.91. The number of benzene rings is 1.